The Morgan fingerprint density at radius 1 is 0.944 bits per heavy atom. The summed E-state index contributed by atoms with van der Waals surface area (Å²) in [7, 11) is 0. The van der Waals surface area contributed by atoms with Crippen LogP contribution in [0.3, 0.4) is 0 Å². The van der Waals surface area contributed by atoms with E-state index < -0.39 is 16.8 Å². The highest BCUT2D eigenvalue weighted by molar-refractivity contribution is 6.08. The summed E-state index contributed by atoms with van der Waals surface area (Å²) in [6.07, 6.45) is 6.52. The third-order valence-corrected chi connectivity index (χ3v) is 7.25. The van der Waals surface area contributed by atoms with E-state index in [2.05, 4.69) is 11.0 Å². The number of nitrogens with zero attached hydrogens (tertiary/aromatic N) is 3. The Labute approximate surface area is 206 Å². The number of non-ortho nitro benzene ring substituents is 1. The predicted octanol–water partition coefficient (Wildman–Crippen LogP) is 3.83. The number of benzene rings is 3. The number of amides is 2. The Balaban J connectivity index is 1.40. The maximum absolute atomic E-state index is 13.6. The fourth-order valence-corrected chi connectivity index (χ4v) is 5.90. The highest BCUT2D eigenvalue weighted by Crippen LogP contribution is 2.60. The summed E-state index contributed by atoms with van der Waals surface area (Å²) in [6.45, 7) is -0.0513. The van der Waals surface area contributed by atoms with E-state index in [1.165, 1.54) is 24.4 Å². The van der Waals surface area contributed by atoms with Gasteiger partial charge in [-0.1, -0.05) is 54.5 Å². The molecule has 1 heterocycles. The van der Waals surface area contributed by atoms with Crippen molar-refractivity contribution in [2.24, 2.45) is 16.9 Å². The molecule has 2 bridgehead atoms. The standard InChI is InChI=1S/C28H19N3O5/c1-2-13-36-22-12-11-17(31(34)35)14-16(22)15-29-30-27(32)25-23-18-7-3-4-8-19(18)24(26(25)28(30)33)21-10-6-5-9-20(21)23/h1,3-12,14-15,23-26H,13H2/b29-15-/t23?,24?,25-,26-/m1/s1. The number of hydrogen-bond acceptors (Lipinski definition) is 6. The SMILES string of the molecule is C#CCOc1ccc([N+](=O)[O-])cc1/C=N\N1C(=O)[C@@H]2C3c4ccccc4C(c4ccccc43)[C@H]2C1=O. The van der Waals surface area contributed by atoms with Crippen molar-refractivity contribution in [2.45, 2.75) is 11.8 Å². The molecule has 176 valence electrons. The van der Waals surface area contributed by atoms with Crippen LogP contribution in [0, 0.1) is 34.3 Å². The molecule has 7 rings (SSSR count). The van der Waals surface area contributed by atoms with Gasteiger partial charge in [-0.2, -0.15) is 10.1 Å². The van der Waals surface area contributed by atoms with Gasteiger partial charge in [0, 0.05) is 29.5 Å². The fourth-order valence-electron chi connectivity index (χ4n) is 5.90. The zero-order valence-corrected chi connectivity index (χ0v) is 18.9. The van der Waals surface area contributed by atoms with Gasteiger partial charge in [0.25, 0.3) is 17.5 Å². The van der Waals surface area contributed by atoms with Gasteiger partial charge >= 0.3 is 0 Å². The lowest BCUT2D eigenvalue weighted by atomic mass is 9.55. The van der Waals surface area contributed by atoms with Crippen molar-refractivity contribution < 1.29 is 19.2 Å². The van der Waals surface area contributed by atoms with Crippen LogP contribution >= 0.6 is 0 Å². The Hall–Kier alpha value is -4.77. The smallest absolute Gasteiger partial charge is 0.270 e. The van der Waals surface area contributed by atoms with Crippen molar-refractivity contribution in [2.75, 3.05) is 6.61 Å². The van der Waals surface area contributed by atoms with Gasteiger partial charge in [0.15, 0.2) is 0 Å². The van der Waals surface area contributed by atoms with E-state index in [0.717, 1.165) is 27.3 Å². The second-order valence-electron chi connectivity index (χ2n) is 8.97. The molecular formula is C28H19N3O5. The number of carbonyl (C=O) groups is 2. The summed E-state index contributed by atoms with van der Waals surface area (Å²) >= 11 is 0. The van der Waals surface area contributed by atoms with Crippen LogP contribution in [-0.4, -0.2) is 34.6 Å². The molecule has 8 heteroatoms. The Morgan fingerprint density at radius 2 is 1.47 bits per heavy atom. The van der Waals surface area contributed by atoms with E-state index >= 15 is 0 Å². The third-order valence-electron chi connectivity index (χ3n) is 7.25. The van der Waals surface area contributed by atoms with E-state index in [-0.39, 0.29) is 47.3 Å². The summed E-state index contributed by atoms with van der Waals surface area (Å²) < 4.78 is 5.47. The molecule has 3 aliphatic carbocycles. The molecule has 1 aliphatic heterocycles. The second kappa shape index (κ2) is 8.17. The quantitative estimate of drug-likeness (QED) is 0.183. The number of nitro groups is 1. The van der Waals surface area contributed by atoms with Crippen LogP contribution in [0.5, 0.6) is 5.75 Å². The number of nitro benzene ring substituents is 1. The van der Waals surface area contributed by atoms with Crippen LogP contribution in [0.15, 0.2) is 71.8 Å². The normalized spacial score (nSPS) is 23.2. The third kappa shape index (κ3) is 3.06. The topological polar surface area (TPSA) is 102 Å². The average Bonchev–Trinajstić information content (AvgIpc) is 3.16. The van der Waals surface area contributed by atoms with E-state index in [9.17, 15) is 19.7 Å². The van der Waals surface area contributed by atoms with Crippen LogP contribution in [-0.2, 0) is 9.59 Å². The maximum atomic E-state index is 13.6. The molecule has 0 saturated carbocycles. The first-order chi connectivity index (χ1) is 17.5. The number of terminal acetylenes is 1. The van der Waals surface area contributed by atoms with E-state index in [0.29, 0.717) is 0 Å². The minimum absolute atomic E-state index is 0.0513. The van der Waals surface area contributed by atoms with Gasteiger partial charge in [-0.3, -0.25) is 19.7 Å². The van der Waals surface area contributed by atoms with Crippen LogP contribution in [0.1, 0.15) is 39.7 Å². The van der Waals surface area contributed by atoms with Crippen molar-refractivity contribution in [3.63, 3.8) is 0 Å². The van der Waals surface area contributed by atoms with Gasteiger partial charge in [-0.05, 0) is 28.3 Å². The minimum atomic E-state index is -0.563. The molecule has 0 N–H and O–H groups in total. The maximum Gasteiger partial charge on any atom is 0.270 e. The molecule has 4 aliphatic rings. The Morgan fingerprint density at radius 3 is 1.94 bits per heavy atom. The first-order valence-electron chi connectivity index (χ1n) is 11.5. The van der Waals surface area contributed by atoms with Gasteiger partial charge in [-0.15, -0.1) is 6.42 Å². The molecular weight excluding hydrogens is 458 g/mol. The predicted molar refractivity (Wildman–Crippen MR) is 130 cm³/mol. The average molecular weight is 477 g/mol. The molecule has 3 aromatic carbocycles. The van der Waals surface area contributed by atoms with Gasteiger partial charge < -0.3 is 4.74 Å². The number of hydrogen-bond donors (Lipinski definition) is 0. The number of rotatable bonds is 5. The zero-order chi connectivity index (χ0) is 25.0. The van der Waals surface area contributed by atoms with Gasteiger partial charge in [0.05, 0.1) is 23.0 Å². The van der Waals surface area contributed by atoms with Crippen molar-refractivity contribution in [3.05, 3.63) is 105 Å². The monoisotopic (exact) mass is 477 g/mol. The second-order valence-corrected chi connectivity index (χ2v) is 8.97. The molecule has 2 atom stereocenters. The fraction of sp³-hybridized carbons (Fsp3) is 0.179. The molecule has 1 saturated heterocycles. The van der Waals surface area contributed by atoms with Crippen molar-refractivity contribution >= 4 is 23.7 Å². The summed E-state index contributed by atoms with van der Waals surface area (Å²) in [5, 5.41) is 16.4. The lowest BCUT2D eigenvalue weighted by Crippen LogP contribution is -2.41. The summed E-state index contributed by atoms with van der Waals surface area (Å²) in [4.78, 5) is 38.0. The van der Waals surface area contributed by atoms with Gasteiger partial charge in [-0.25, -0.2) is 0 Å². The number of hydrazone groups is 1. The van der Waals surface area contributed by atoms with Crippen molar-refractivity contribution in [1.29, 1.82) is 0 Å². The number of imide groups is 1. The highest BCUT2D eigenvalue weighted by Gasteiger charge is 2.61. The molecule has 0 aromatic heterocycles. The van der Waals surface area contributed by atoms with E-state index in [1.54, 1.807) is 0 Å². The first kappa shape index (κ1) is 21.7. The molecule has 1 fully saturated rings. The lowest BCUT2D eigenvalue weighted by molar-refractivity contribution is -0.384. The molecule has 36 heavy (non-hydrogen) atoms. The van der Waals surface area contributed by atoms with Gasteiger partial charge in [0.2, 0.25) is 0 Å². The van der Waals surface area contributed by atoms with Crippen molar-refractivity contribution in [1.82, 2.24) is 5.01 Å². The van der Waals surface area contributed by atoms with E-state index in [4.69, 9.17) is 11.2 Å². The molecule has 3 aromatic rings. The van der Waals surface area contributed by atoms with Crippen molar-refractivity contribution in [3.8, 4) is 18.1 Å². The highest BCUT2D eigenvalue weighted by atomic mass is 16.6. The molecule has 8 nitrogen and oxygen atoms in total. The van der Waals surface area contributed by atoms with Gasteiger partial charge in [0.1, 0.15) is 12.4 Å². The van der Waals surface area contributed by atoms with Crippen LogP contribution < -0.4 is 4.74 Å². The number of ether oxygens (including phenoxy) is 1. The minimum Gasteiger partial charge on any atom is -0.480 e. The number of carbonyl (C=O) groups excluding carboxylic acids is 2. The largest absolute Gasteiger partial charge is 0.480 e. The summed E-state index contributed by atoms with van der Waals surface area (Å²) in [5.41, 5.74) is 4.33. The Kier molecular flexibility index (Phi) is 4.93. The molecule has 0 radical (unpaired) electrons. The summed E-state index contributed by atoms with van der Waals surface area (Å²) in [5.74, 6) is 0.242. The molecule has 2 amide bonds. The van der Waals surface area contributed by atoms with E-state index in [1.807, 2.05) is 48.5 Å². The van der Waals surface area contributed by atoms with Crippen LogP contribution in [0.4, 0.5) is 5.69 Å². The van der Waals surface area contributed by atoms with Crippen LogP contribution in [0.2, 0.25) is 0 Å². The summed E-state index contributed by atoms with van der Waals surface area (Å²) in [6, 6.07) is 19.9. The first-order valence-corrected chi connectivity index (χ1v) is 11.5. The Bertz CT molecular complexity index is 1410. The molecule has 0 spiro atoms. The molecule has 0 unspecified atom stereocenters. The lowest BCUT2D eigenvalue weighted by Gasteiger charge is -2.45. The zero-order valence-electron chi connectivity index (χ0n) is 18.9. The van der Waals surface area contributed by atoms with Crippen LogP contribution in [0.25, 0.3) is 0 Å².